The summed E-state index contributed by atoms with van der Waals surface area (Å²) >= 11 is 0.937. The van der Waals surface area contributed by atoms with Gasteiger partial charge in [0.15, 0.2) is 0 Å². The molecule has 1 heterocycles. The molecule has 1 aliphatic rings. The largest absolute Gasteiger partial charge is 0.346 e. The average molecular weight is 343 g/mol. The molecule has 23 heavy (non-hydrogen) atoms. The Morgan fingerprint density at radius 2 is 1.74 bits per heavy atom. The van der Waals surface area contributed by atoms with Gasteiger partial charge >= 0.3 is 11.8 Å². The molecule has 2 N–H and O–H groups in total. The van der Waals surface area contributed by atoms with Gasteiger partial charge in [-0.15, -0.1) is 0 Å². The van der Waals surface area contributed by atoms with E-state index in [0.717, 1.165) is 16.7 Å². The van der Waals surface area contributed by atoms with Crippen molar-refractivity contribution in [3.8, 4) is 0 Å². The maximum Gasteiger partial charge on any atom is 0.309 e. The summed E-state index contributed by atoms with van der Waals surface area (Å²) in [5.74, 6) is -1.62. The first-order valence-corrected chi connectivity index (χ1v) is 8.47. The molecular weight excluding hydrogens is 318 g/mol. The van der Waals surface area contributed by atoms with E-state index in [1.54, 1.807) is 0 Å². The third-order valence-electron chi connectivity index (χ3n) is 3.09. The SMILES string of the molecule is CC(C)(C)CC(C)(C)NC(=O)C(=O)NCCN1C(=O)CSC1=O. The molecule has 0 bridgehead atoms. The molecule has 1 saturated heterocycles. The third kappa shape index (κ3) is 6.60. The molecule has 8 heteroatoms. The highest BCUT2D eigenvalue weighted by molar-refractivity contribution is 8.14. The van der Waals surface area contributed by atoms with Crippen LogP contribution in [0.4, 0.5) is 4.79 Å². The summed E-state index contributed by atoms with van der Waals surface area (Å²) in [6, 6.07) is 0. The summed E-state index contributed by atoms with van der Waals surface area (Å²) in [7, 11) is 0. The van der Waals surface area contributed by atoms with Gasteiger partial charge in [-0.25, -0.2) is 0 Å². The second kappa shape index (κ2) is 7.33. The maximum atomic E-state index is 11.9. The van der Waals surface area contributed by atoms with E-state index in [-0.39, 0.29) is 35.4 Å². The Morgan fingerprint density at radius 1 is 1.13 bits per heavy atom. The van der Waals surface area contributed by atoms with Crippen molar-refractivity contribution in [1.82, 2.24) is 15.5 Å². The highest BCUT2D eigenvalue weighted by atomic mass is 32.2. The minimum Gasteiger partial charge on any atom is -0.346 e. The van der Waals surface area contributed by atoms with Gasteiger partial charge in [0.05, 0.1) is 5.75 Å². The summed E-state index contributed by atoms with van der Waals surface area (Å²) in [5, 5.41) is 4.82. The number of nitrogens with zero attached hydrogens (tertiary/aromatic N) is 1. The number of thioether (sulfide) groups is 1. The van der Waals surface area contributed by atoms with E-state index in [1.807, 2.05) is 13.8 Å². The zero-order valence-corrected chi connectivity index (χ0v) is 15.1. The zero-order chi connectivity index (χ0) is 17.8. The Hall–Kier alpha value is -1.57. The fourth-order valence-corrected chi connectivity index (χ4v) is 3.44. The summed E-state index contributed by atoms with van der Waals surface area (Å²) < 4.78 is 0. The Kier molecular flexibility index (Phi) is 6.21. The van der Waals surface area contributed by atoms with Gasteiger partial charge in [0.2, 0.25) is 5.91 Å². The van der Waals surface area contributed by atoms with E-state index >= 15 is 0 Å². The van der Waals surface area contributed by atoms with E-state index in [4.69, 9.17) is 0 Å². The maximum absolute atomic E-state index is 11.9. The van der Waals surface area contributed by atoms with Crippen LogP contribution < -0.4 is 10.6 Å². The predicted octanol–water partition coefficient (Wildman–Crippen LogP) is 1.13. The second-order valence-electron chi connectivity index (χ2n) is 7.43. The fourth-order valence-electron chi connectivity index (χ4n) is 2.69. The van der Waals surface area contributed by atoms with E-state index in [1.165, 1.54) is 0 Å². The predicted molar refractivity (Wildman–Crippen MR) is 88.9 cm³/mol. The first-order valence-electron chi connectivity index (χ1n) is 7.49. The molecule has 0 unspecified atom stereocenters. The van der Waals surface area contributed by atoms with Crippen molar-refractivity contribution in [3.63, 3.8) is 0 Å². The Morgan fingerprint density at radius 3 is 2.22 bits per heavy atom. The molecule has 0 aromatic rings. The summed E-state index contributed by atoms with van der Waals surface area (Å²) in [5.41, 5.74) is -0.494. The van der Waals surface area contributed by atoms with Crippen LogP contribution in [0.25, 0.3) is 0 Å². The van der Waals surface area contributed by atoms with Crippen LogP contribution in [0.1, 0.15) is 41.0 Å². The summed E-state index contributed by atoms with van der Waals surface area (Å²) in [6.45, 7) is 10.0. The van der Waals surface area contributed by atoms with E-state index < -0.39 is 17.4 Å². The first-order chi connectivity index (χ1) is 10.4. The van der Waals surface area contributed by atoms with Gasteiger partial charge in [0.1, 0.15) is 0 Å². The first kappa shape index (κ1) is 19.5. The van der Waals surface area contributed by atoms with Crippen LogP contribution in [0.2, 0.25) is 0 Å². The Balaban J connectivity index is 2.41. The van der Waals surface area contributed by atoms with Crippen LogP contribution in [0, 0.1) is 5.41 Å². The Labute approximate surface area is 140 Å². The van der Waals surface area contributed by atoms with Crippen molar-refractivity contribution in [2.24, 2.45) is 5.41 Å². The summed E-state index contributed by atoms with van der Waals surface area (Å²) in [6.07, 6.45) is 0.715. The molecule has 1 aliphatic heterocycles. The molecule has 1 fully saturated rings. The number of nitrogens with one attached hydrogen (secondary N) is 2. The molecule has 0 aliphatic carbocycles. The van der Waals surface area contributed by atoms with Crippen molar-refractivity contribution in [1.29, 1.82) is 0 Å². The molecule has 0 radical (unpaired) electrons. The quantitative estimate of drug-likeness (QED) is 0.730. The molecule has 0 atom stereocenters. The highest BCUT2D eigenvalue weighted by Crippen LogP contribution is 2.26. The van der Waals surface area contributed by atoms with Gasteiger partial charge in [-0.3, -0.25) is 24.1 Å². The number of amides is 4. The standard InChI is InChI=1S/C15H25N3O4S/c1-14(2,3)9-15(4,5)17-12(21)11(20)16-6-7-18-10(19)8-23-13(18)22/h6-9H2,1-5H3,(H,16,20)(H,17,21). The Bertz CT molecular complexity index is 495. The minimum atomic E-state index is -0.765. The molecule has 7 nitrogen and oxygen atoms in total. The lowest BCUT2D eigenvalue weighted by atomic mass is 9.82. The lowest BCUT2D eigenvalue weighted by Gasteiger charge is -2.33. The third-order valence-corrected chi connectivity index (χ3v) is 3.95. The van der Waals surface area contributed by atoms with E-state index in [2.05, 4.69) is 31.4 Å². The smallest absolute Gasteiger partial charge is 0.309 e. The number of imide groups is 1. The zero-order valence-electron chi connectivity index (χ0n) is 14.3. The monoisotopic (exact) mass is 343 g/mol. The minimum absolute atomic E-state index is 0.0153. The molecule has 4 amide bonds. The van der Waals surface area contributed by atoms with Crippen LogP contribution in [0.5, 0.6) is 0 Å². The topological polar surface area (TPSA) is 95.6 Å². The van der Waals surface area contributed by atoms with E-state index in [0.29, 0.717) is 6.42 Å². The second-order valence-corrected chi connectivity index (χ2v) is 8.36. The van der Waals surface area contributed by atoms with Crippen molar-refractivity contribution in [3.05, 3.63) is 0 Å². The normalized spacial score (nSPS) is 15.8. The molecule has 1 rings (SSSR count). The van der Waals surface area contributed by atoms with Crippen LogP contribution in [0.15, 0.2) is 0 Å². The summed E-state index contributed by atoms with van der Waals surface area (Å²) in [4.78, 5) is 47.6. The fraction of sp³-hybridized carbons (Fsp3) is 0.733. The van der Waals surface area contributed by atoms with Gasteiger partial charge in [-0.1, -0.05) is 32.5 Å². The van der Waals surface area contributed by atoms with Crippen LogP contribution in [0.3, 0.4) is 0 Å². The molecule has 0 saturated carbocycles. The molecule has 0 aromatic heterocycles. The van der Waals surface area contributed by atoms with Gasteiger partial charge in [-0.05, 0) is 25.7 Å². The molecule has 0 spiro atoms. The lowest BCUT2D eigenvalue weighted by Crippen LogP contribution is -2.52. The number of carbonyl (C=O) groups excluding carboxylic acids is 4. The van der Waals surface area contributed by atoms with Gasteiger partial charge in [0.25, 0.3) is 5.24 Å². The van der Waals surface area contributed by atoms with Gasteiger partial charge < -0.3 is 10.6 Å². The van der Waals surface area contributed by atoms with E-state index in [9.17, 15) is 19.2 Å². The number of rotatable bonds is 5. The van der Waals surface area contributed by atoms with Gasteiger partial charge in [-0.2, -0.15) is 0 Å². The van der Waals surface area contributed by atoms with Gasteiger partial charge in [0, 0.05) is 18.6 Å². The molecular formula is C15H25N3O4S. The van der Waals surface area contributed by atoms with Crippen molar-refractivity contribution in [2.75, 3.05) is 18.8 Å². The van der Waals surface area contributed by atoms with Crippen LogP contribution in [-0.2, 0) is 14.4 Å². The number of hydrogen-bond donors (Lipinski definition) is 2. The van der Waals surface area contributed by atoms with Crippen molar-refractivity contribution >= 4 is 34.7 Å². The lowest BCUT2D eigenvalue weighted by molar-refractivity contribution is -0.140. The van der Waals surface area contributed by atoms with Crippen LogP contribution >= 0.6 is 11.8 Å². The molecule has 0 aromatic carbocycles. The molecule has 130 valence electrons. The highest BCUT2D eigenvalue weighted by Gasteiger charge is 2.31. The van der Waals surface area contributed by atoms with Crippen LogP contribution in [-0.4, -0.2) is 52.2 Å². The number of hydrogen-bond acceptors (Lipinski definition) is 5. The number of carbonyl (C=O) groups is 4. The van der Waals surface area contributed by atoms with Crippen molar-refractivity contribution in [2.45, 2.75) is 46.6 Å². The average Bonchev–Trinajstić information content (AvgIpc) is 2.66. The van der Waals surface area contributed by atoms with Crippen molar-refractivity contribution < 1.29 is 19.2 Å².